The number of carbonyl (C=O) groups is 2. The molecule has 0 saturated carbocycles. The summed E-state index contributed by atoms with van der Waals surface area (Å²) in [5.74, 6) is -0.828. The maximum atomic E-state index is 11.5. The van der Waals surface area contributed by atoms with Crippen molar-refractivity contribution in [3.8, 4) is 0 Å². The zero-order valence-electron chi connectivity index (χ0n) is 11.2. The van der Waals surface area contributed by atoms with E-state index < -0.39 is 12.0 Å². The molecule has 1 atom stereocenters. The van der Waals surface area contributed by atoms with Crippen LogP contribution >= 0.6 is 0 Å². The first-order valence-corrected chi connectivity index (χ1v) is 6.49. The van der Waals surface area contributed by atoms with Crippen LogP contribution in [0.25, 0.3) is 0 Å². The fourth-order valence-corrected chi connectivity index (χ4v) is 1.67. The molecule has 0 aromatic heterocycles. The van der Waals surface area contributed by atoms with Crippen LogP contribution in [0.1, 0.15) is 59.3 Å². The van der Waals surface area contributed by atoms with Gasteiger partial charge in [0, 0.05) is 6.42 Å². The number of aliphatic carboxylic acids is 1. The molecule has 0 heterocycles. The molecule has 0 spiro atoms. The van der Waals surface area contributed by atoms with E-state index >= 15 is 0 Å². The minimum Gasteiger partial charge on any atom is -0.480 e. The van der Waals surface area contributed by atoms with Gasteiger partial charge in [-0.2, -0.15) is 0 Å². The van der Waals surface area contributed by atoms with Gasteiger partial charge in [0.05, 0.1) is 0 Å². The number of hydrogen-bond acceptors (Lipinski definition) is 2. The Labute approximate surface area is 104 Å². The van der Waals surface area contributed by atoms with Crippen LogP contribution in [-0.4, -0.2) is 23.0 Å². The molecule has 0 aliphatic carbocycles. The lowest BCUT2D eigenvalue weighted by Gasteiger charge is -2.16. The van der Waals surface area contributed by atoms with Crippen molar-refractivity contribution in [3.05, 3.63) is 0 Å². The summed E-state index contributed by atoms with van der Waals surface area (Å²) in [5, 5.41) is 11.6. The van der Waals surface area contributed by atoms with Gasteiger partial charge in [0.2, 0.25) is 5.91 Å². The third kappa shape index (κ3) is 8.72. The summed E-state index contributed by atoms with van der Waals surface area (Å²) in [7, 11) is 0. The smallest absolute Gasteiger partial charge is 0.326 e. The maximum Gasteiger partial charge on any atom is 0.326 e. The number of nitrogens with one attached hydrogen (secondary N) is 1. The molecule has 100 valence electrons. The lowest BCUT2D eigenvalue weighted by Crippen LogP contribution is -2.41. The Morgan fingerprint density at radius 1 is 1.18 bits per heavy atom. The molecular weight excluding hydrogens is 218 g/mol. The summed E-state index contributed by atoms with van der Waals surface area (Å²) in [6.07, 6.45) is 5.05. The van der Waals surface area contributed by atoms with E-state index in [1.807, 2.05) is 13.8 Å². The normalized spacial score (nSPS) is 12.5. The average molecular weight is 243 g/mol. The van der Waals surface area contributed by atoms with Crippen LogP contribution < -0.4 is 5.32 Å². The lowest BCUT2D eigenvalue weighted by molar-refractivity contribution is -0.142. The molecule has 0 aromatic carbocycles. The van der Waals surface area contributed by atoms with Crippen molar-refractivity contribution in [2.24, 2.45) is 5.92 Å². The van der Waals surface area contributed by atoms with E-state index in [1.54, 1.807) is 0 Å². The van der Waals surface area contributed by atoms with Crippen molar-refractivity contribution in [2.75, 3.05) is 0 Å². The van der Waals surface area contributed by atoms with E-state index in [9.17, 15) is 9.59 Å². The summed E-state index contributed by atoms with van der Waals surface area (Å²) in [6.45, 7) is 6.01. The summed E-state index contributed by atoms with van der Waals surface area (Å²) >= 11 is 0. The van der Waals surface area contributed by atoms with Crippen LogP contribution in [0.5, 0.6) is 0 Å². The van der Waals surface area contributed by atoms with Gasteiger partial charge in [-0.05, 0) is 18.8 Å². The first kappa shape index (κ1) is 15.9. The van der Waals surface area contributed by atoms with Gasteiger partial charge in [0.15, 0.2) is 0 Å². The van der Waals surface area contributed by atoms with Crippen molar-refractivity contribution < 1.29 is 14.7 Å². The molecule has 0 rings (SSSR count). The standard InChI is InChI=1S/C13H25NO3/c1-4-5-6-7-8-12(15)14-11(13(16)17)9-10(2)3/h10-11H,4-9H2,1-3H3,(H,14,15)(H,16,17)/t11-/m0/s1. The topological polar surface area (TPSA) is 66.4 Å². The van der Waals surface area contributed by atoms with Crippen molar-refractivity contribution in [3.63, 3.8) is 0 Å². The fraction of sp³-hybridized carbons (Fsp3) is 0.846. The number of unbranched alkanes of at least 4 members (excludes halogenated alkanes) is 3. The number of carbonyl (C=O) groups excluding carboxylic acids is 1. The Morgan fingerprint density at radius 2 is 1.82 bits per heavy atom. The monoisotopic (exact) mass is 243 g/mol. The largest absolute Gasteiger partial charge is 0.480 e. The number of amides is 1. The number of carboxylic acid groups (broad SMARTS) is 1. The molecule has 0 radical (unpaired) electrons. The second kappa shape index (κ2) is 9.02. The molecular formula is C13H25NO3. The van der Waals surface area contributed by atoms with Crippen molar-refractivity contribution in [2.45, 2.75) is 65.3 Å². The number of hydrogen-bond donors (Lipinski definition) is 2. The first-order chi connectivity index (χ1) is 7.97. The van der Waals surface area contributed by atoms with Crippen LogP contribution in [0.15, 0.2) is 0 Å². The van der Waals surface area contributed by atoms with Crippen LogP contribution in [0.2, 0.25) is 0 Å². The van der Waals surface area contributed by atoms with Crippen molar-refractivity contribution in [1.29, 1.82) is 0 Å². The van der Waals surface area contributed by atoms with E-state index in [0.717, 1.165) is 25.7 Å². The minimum atomic E-state index is -0.944. The van der Waals surface area contributed by atoms with Gasteiger partial charge in [-0.1, -0.05) is 40.0 Å². The molecule has 17 heavy (non-hydrogen) atoms. The number of rotatable bonds is 9. The summed E-state index contributed by atoms with van der Waals surface area (Å²) in [4.78, 5) is 22.5. The van der Waals surface area contributed by atoms with Crippen molar-refractivity contribution >= 4 is 11.9 Å². The molecule has 0 aromatic rings. The van der Waals surface area contributed by atoms with E-state index in [1.165, 1.54) is 0 Å². The Balaban J connectivity index is 3.91. The highest BCUT2D eigenvalue weighted by atomic mass is 16.4. The second-order valence-corrected chi connectivity index (χ2v) is 4.90. The van der Waals surface area contributed by atoms with Gasteiger partial charge in [-0.25, -0.2) is 4.79 Å². The molecule has 0 saturated heterocycles. The Bertz CT molecular complexity index is 239. The molecule has 0 bridgehead atoms. The molecule has 0 aliphatic rings. The van der Waals surface area contributed by atoms with Crippen molar-refractivity contribution in [1.82, 2.24) is 5.32 Å². The van der Waals surface area contributed by atoms with Crippen LogP contribution in [-0.2, 0) is 9.59 Å². The van der Waals surface area contributed by atoms with E-state index in [2.05, 4.69) is 12.2 Å². The third-order valence-electron chi connectivity index (χ3n) is 2.60. The average Bonchev–Trinajstić information content (AvgIpc) is 2.22. The molecule has 0 fully saturated rings. The van der Waals surface area contributed by atoms with Gasteiger partial charge < -0.3 is 10.4 Å². The fourth-order valence-electron chi connectivity index (χ4n) is 1.67. The molecule has 4 heteroatoms. The Hall–Kier alpha value is -1.06. The Kier molecular flexibility index (Phi) is 8.46. The lowest BCUT2D eigenvalue weighted by atomic mass is 10.0. The number of carboxylic acids is 1. The second-order valence-electron chi connectivity index (χ2n) is 4.90. The van der Waals surface area contributed by atoms with Gasteiger partial charge in [0.25, 0.3) is 0 Å². The highest BCUT2D eigenvalue weighted by molar-refractivity contribution is 5.83. The Morgan fingerprint density at radius 3 is 2.29 bits per heavy atom. The highest BCUT2D eigenvalue weighted by Gasteiger charge is 2.20. The zero-order chi connectivity index (χ0) is 13.3. The van der Waals surface area contributed by atoms with Gasteiger partial charge in [0.1, 0.15) is 6.04 Å². The third-order valence-corrected chi connectivity index (χ3v) is 2.60. The quantitative estimate of drug-likeness (QED) is 0.612. The summed E-state index contributed by atoms with van der Waals surface area (Å²) in [6, 6.07) is -0.742. The molecule has 2 N–H and O–H groups in total. The SMILES string of the molecule is CCCCCCC(=O)N[C@@H](CC(C)C)C(=O)O. The van der Waals surface area contributed by atoms with Gasteiger partial charge in [-0.15, -0.1) is 0 Å². The first-order valence-electron chi connectivity index (χ1n) is 6.49. The minimum absolute atomic E-state index is 0.144. The van der Waals surface area contributed by atoms with Crippen LogP contribution in [0.4, 0.5) is 0 Å². The molecule has 1 amide bonds. The predicted octanol–water partition coefficient (Wildman–Crippen LogP) is 2.57. The zero-order valence-corrected chi connectivity index (χ0v) is 11.2. The highest BCUT2D eigenvalue weighted by Crippen LogP contribution is 2.07. The summed E-state index contributed by atoms with van der Waals surface area (Å²) in [5.41, 5.74) is 0. The molecule has 4 nitrogen and oxygen atoms in total. The maximum absolute atomic E-state index is 11.5. The van der Waals surface area contributed by atoms with Crippen LogP contribution in [0.3, 0.4) is 0 Å². The summed E-state index contributed by atoms with van der Waals surface area (Å²) < 4.78 is 0. The van der Waals surface area contributed by atoms with E-state index in [0.29, 0.717) is 12.8 Å². The predicted molar refractivity (Wildman–Crippen MR) is 67.8 cm³/mol. The van der Waals surface area contributed by atoms with E-state index in [4.69, 9.17) is 5.11 Å². The van der Waals surface area contributed by atoms with E-state index in [-0.39, 0.29) is 11.8 Å². The van der Waals surface area contributed by atoms with Crippen LogP contribution in [0, 0.1) is 5.92 Å². The molecule has 0 unspecified atom stereocenters. The molecule has 0 aliphatic heterocycles. The van der Waals surface area contributed by atoms with Gasteiger partial charge in [-0.3, -0.25) is 4.79 Å². The van der Waals surface area contributed by atoms with Gasteiger partial charge >= 0.3 is 5.97 Å².